The molecule has 2 aromatic rings. The summed E-state index contributed by atoms with van der Waals surface area (Å²) in [5, 5.41) is 43.6. The van der Waals surface area contributed by atoms with Crippen molar-refractivity contribution in [1.82, 2.24) is 0 Å². The minimum absolute atomic E-state index is 0.0223. The highest BCUT2D eigenvalue weighted by molar-refractivity contribution is 6.22. The summed E-state index contributed by atoms with van der Waals surface area (Å²) in [6, 6.07) is 9.76. The van der Waals surface area contributed by atoms with E-state index in [0.717, 1.165) is 5.56 Å². The number of hydrogen-bond acceptors (Lipinski definition) is 8. The van der Waals surface area contributed by atoms with Gasteiger partial charge in [0.2, 0.25) is 5.78 Å². The Balaban J connectivity index is 1.69. The summed E-state index contributed by atoms with van der Waals surface area (Å²) < 4.78 is 0. The predicted octanol–water partition coefficient (Wildman–Crippen LogP) is 1.90. The fourth-order valence-corrected chi connectivity index (χ4v) is 5.63. The average Bonchev–Trinajstić information content (AvgIpc) is 2.81. The minimum Gasteiger partial charge on any atom is -0.508 e. The number of rotatable bonds is 3. The van der Waals surface area contributed by atoms with E-state index in [4.69, 9.17) is 5.73 Å². The Morgan fingerprint density at radius 2 is 1.71 bits per heavy atom. The van der Waals surface area contributed by atoms with Gasteiger partial charge in [0.1, 0.15) is 29.1 Å². The summed E-state index contributed by atoms with van der Waals surface area (Å²) in [5.74, 6) is -6.63. The Bertz CT molecular complexity index is 1400. The van der Waals surface area contributed by atoms with Crippen molar-refractivity contribution in [2.75, 3.05) is 0 Å². The molecular formula is C26H21NO8. The summed E-state index contributed by atoms with van der Waals surface area (Å²) in [7, 11) is 0. The molecule has 0 saturated heterocycles. The second kappa shape index (κ2) is 7.64. The van der Waals surface area contributed by atoms with E-state index >= 15 is 0 Å². The lowest BCUT2D eigenvalue weighted by Crippen LogP contribution is -2.58. The SMILES string of the molecule is NC(=O)C1=C(O)[C@@]2(O)C(=O)C3=C(O)c4c(O)ccc(-c5ccc(C=O)cc5)c4C[C@H]3C[C@H]2CC1=O. The van der Waals surface area contributed by atoms with Gasteiger partial charge in [0, 0.05) is 23.5 Å². The Kier molecular flexibility index (Phi) is 4.92. The van der Waals surface area contributed by atoms with E-state index in [1.54, 1.807) is 30.3 Å². The van der Waals surface area contributed by atoms with Crippen molar-refractivity contribution >= 4 is 29.5 Å². The fraction of sp³-hybridized carbons (Fsp3) is 0.231. The van der Waals surface area contributed by atoms with E-state index in [2.05, 4.69) is 0 Å². The third-order valence-corrected chi connectivity index (χ3v) is 7.30. The van der Waals surface area contributed by atoms with Gasteiger partial charge in [-0.3, -0.25) is 19.2 Å². The van der Waals surface area contributed by atoms with Gasteiger partial charge in [0.25, 0.3) is 5.91 Å². The maximum absolute atomic E-state index is 13.5. The number of carbonyl (C=O) groups is 4. The first-order chi connectivity index (χ1) is 16.6. The second-order valence-corrected chi connectivity index (χ2v) is 9.13. The van der Waals surface area contributed by atoms with Gasteiger partial charge in [0.05, 0.1) is 5.56 Å². The number of primary amides is 1. The number of carbonyl (C=O) groups excluding carboxylic acids is 4. The van der Waals surface area contributed by atoms with Crippen LogP contribution in [0.4, 0.5) is 0 Å². The molecule has 0 heterocycles. The van der Waals surface area contributed by atoms with E-state index in [0.29, 0.717) is 23.0 Å². The van der Waals surface area contributed by atoms with Crippen LogP contribution in [0.25, 0.3) is 16.9 Å². The maximum atomic E-state index is 13.5. The number of aliphatic hydroxyl groups is 3. The molecule has 1 saturated carbocycles. The quantitative estimate of drug-likeness (QED) is 0.330. The Labute approximate surface area is 198 Å². The van der Waals surface area contributed by atoms with E-state index in [1.807, 2.05) is 0 Å². The number of amides is 1. The van der Waals surface area contributed by atoms with Crippen LogP contribution in [0, 0.1) is 11.8 Å². The molecule has 6 N–H and O–H groups in total. The third kappa shape index (κ3) is 3.05. The van der Waals surface area contributed by atoms with E-state index in [9.17, 15) is 39.6 Å². The highest BCUT2D eigenvalue weighted by Crippen LogP contribution is 2.53. The number of hydrogen-bond donors (Lipinski definition) is 5. The minimum atomic E-state index is -2.59. The summed E-state index contributed by atoms with van der Waals surface area (Å²) in [5.41, 5.74) is 4.05. The van der Waals surface area contributed by atoms with Crippen LogP contribution in [-0.4, -0.2) is 49.8 Å². The van der Waals surface area contributed by atoms with Crippen molar-refractivity contribution in [1.29, 1.82) is 0 Å². The van der Waals surface area contributed by atoms with Crippen LogP contribution in [-0.2, 0) is 20.8 Å². The molecule has 2 aromatic carbocycles. The molecule has 3 aliphatic rings. The first kappa shape index (κ1) is 22.5. The van der Waals surface area contributed by atoms with E-state index < -0.39 is 52.0 Å². The molecule has 35 heavy (non-hydrogen) atoms. The molecule has 3 aliphatic carbocycles. The molecule has 0 spiro atoms. The highest BCUT2D eigenvalue weighted by atomic mass is 16.3. The van der Waals surface area contributed by atoms with Gasteiger partial charge < -0.3 is 26.2 Å². The molecule has 3 atom stereocenters. The smallest absolute Gasteiger partial charge is 0.255 e. The molecular weight excluding hydrogens is 454 g/mol. The highest BCUT2D eigenvalue weighted by Gasteiger charge is 2.60. The summed E-state index contributed by atoms with van der Waals surface area (Å²) in [4.78, 5) is 48.7. The van der Waals surface area contributed by atoms with Crippen molar-refractivity contribution in [3.8, 4) is 16.9 Å². The van der Waals surface area contributed by atoms with Gasteiger partial charge >= 0.3 is 0 Å². The molecule has 0 aliphatic heterocycles. The molecule has 9 heteroatoms. The topological polar surface area (TPSA) is 175 Å². The zero-order chi connectivity index (χ0) is 25.2. The van der Waals surface area contributed by atoms with Gasteiger partial charge in [-0.1, -0.05) is 30.3 Å². The fourth-order valence-electron chi connectivity index (χ4n) is 5.63. The number of nitrogens with two attached hydrogens (primary N) is 1. The predicted molar refractivity (Wildman–Crippen MR) is 122 cm³/mol. The van der Waals surface area contributed by atoms with E-state index in [-0.39, 0.29) is 36.1 Å². The van der Waals surface area contributed by atoms with Crippen molar-refractivity contribution in [3.63, 3.8) is 0 Å². The van der Waals surface area contributed by atoms with Crippen LogP contribution in [0.5, 0.6) is 5.75 Å². The Hall–Kier alpha value is -4.24. The molecule has 178 valence electrons. The number of phenols is 1. The van der Waals surface area contributed by atoms with Crippen LogP contribution in [0.15, 0.2) is 53.3 Å². The third-order valence-electron chi connectivity index (χ3n) is 7.30. The molecule has 1 amide bonds. The largest absolute Gasteiger partial charge is 0.508 e. The van der Waals surface area contributed by atoms with Crippen LogP contribution in [0.2, 0.25) is 0 Å². The number of phenolic OH excluding ortho intramolecular Hbond substituents is 1. The molecule has 0 unspecified atom stereocenters. The number of aldehydes is 1. The van der Waals surface area contributed by atoms with Crippen LogP contribution < -0.4 is 5.73 Å². The first-order valence-electron chi connectivity index (χ1n) is 11.0. The van der Waals surface area contributed by atoms with Crippen molar-refractivity contribution in [2.24, 2.45) is 17.6 Å². The van der Waals surface area contributed by atoms with E-state index in [1.165, 1.54) is 6.07 Å². The van der Waals surface area contributed by atoms with Crippen molar-refractivity contribution in [3.05, 3.63) is 70.0 Å². The summed E-state index contributed by atoms with van der Waals surface area (Å²) >= 11 is 0. The lowest BCUT2D eigenvalue weighted by molar-refractivity contribution is -0.147. The second-order valence-electron chi connectivity index (χ2n) is 9.13. The summed E-state index contributed by atoms with van der Waals surface area (Å²) in [6.07, 6.45) is 0.600. The Morgan fingerprint density at radius 3 is 2.34 bits per heavy atom. The molecule has 0 bridgehead atoms. The van der Waals surface area contributed by atoms with Gasteiger partial charge in [-0.2, -0.15) is 0 Å². The molecule has 0 radical (unpaired) electrons. The number of fused-ring (bicyclic) bond motifs is 3. The van der Waals surface area contributed by atoms with Gasteiger partial charge in [-0.25, -0.2) is 0 Å². The lowest BCUT2D eigenvalue weighted by atomic mass is 9.59. The molecule has 0 aromatic heterocycles. The zero-order valence-corrected chi connectivity index (χ0v) is 18.3. The van der Waals surface area contributed by atoms with Crippen LogP contribution in [0.3, 0.4) is 0 Å². The number of Topliss-reactive ketones (excluding diaryl/α,β-unsaturated/α-hetero) is 2. The van der Waals surface area contributed by atoms with Gasteiger partial charge in [-0.15, -0.1) is 0 Å². The molecule has 9 nitrogen and oxygen atoms in total. The number of aliphatic hydroxyl groups excluding tert-OH is 2. The molecule has 5 rings (SSSR count). The standard InChI is InChI=1S/C26H21NO8/c27-25(34)21-18(30)9-14-7-13-8-16-15(12-3-1-11(10-28)2-4-12)5-6-17(29)20(16)22(31)19(13)23(32)26(14,35)24(21)33/h1-6,10,13-14,29,31,33,35H,7-9H2,(H2,27,34)/t13-,14+,26+/m1/s1. The van der Waals surface area contributed by atoms with Gasteiger partial charge in [0.15, 0.2) is 11.4 Å². The van der Waals surface area contributed by atoms with Gasteiger partial charge in [-0.05, 0) is 41.5 Å². The monoisotopic (exact) mass is 475 g/mol. The number of benzene rings is 2. The Morgan fingerprint density at radius 1 is 1.03 bits per heavy atom. The summed E-state index contributed by atoms with van der Waals surface area (Å²) in [6.45, 7) is 0. The normalized spacial score (nSPS) is 25.6. The first-order valence-corrected chi connectivity index (χ1v) is 11.0. The van der Waals surface area contributed by atoms with Crippen molar-refractivity contribution in [2.45, 2.75) is 24.9 Å². The number of ketones is 2. The molecule has 1 fully saturated rings. The lowest BCUT2D eigenvalue weighted by Gasteiger charge is -2.46. The number of aromatic hydroxyl groups is 1. The van der Waals surface area contributed by atoms with Crippen molar-refractivity contribution < 1.29 is 39.6 Å². The van der Waals surface area contributed by atoms with Crippen LogP contribution >= 0.6 is 0 Å². The average molecular weight is 475 g/mol. The maximum Gasteiger partial charge on any atom is 0.255 e. The van der Waals surface area contributed by atoms with Crippen LogP contribution in [0.1, 0.15) is 34.3 Å². The zero-order valence-electron chi connectivity index (χ0n) is 18.3.